The first kappa shape index (κ1) is 15.9. The van der Waals surface area contributed by atoms with E-state index in [-0.39, 0.29) is 6.04 Å². The molecule has 1 heterocycles. The van der Waals surface area contributed by atoms with Crippen LogP contribution in [0.25, 0.3) is 0 Å². The number of hydrogen-bond donors (Lipinski definition) is 1. The van der Waals surface area contributed by atoms with E-state index in [9.17, 15) is 0 Å². The van der Waals surface area contributed by atoms with Crippen molar-refractivity contribution in [1.82, 2.24) is 4.90 Å². The summed E-state index contributed by atoms with van der Waals surface area (Å²) < 4.78 is 16.5. The molecule has 0 saturated carbocycles. The van der Waals surface area contributed by atoms with Crippen LogP contribution in [-0.2, 0) is 0 Å². The Hall–Kier alpha value is -1.46. The number of rotatable bonds is 7. The first-order valence-corrected chi connectivity index (χ1v) is 7.49. The van der Waals surface area contributed by atoms with E-state index in [1.54, 1.807) is 21.3 Å². The number of nitrogens with zero attached hydrogens (tertiary/aromatic N) is 1. The molecule has 21 heavy (non-hydrogen) atoms. The molecule has 0 aliphatic carbocycles. The highest BCUT2D eigenvalue weighted by molar-refractivity contribution is 5.56. The smallest absolute Gasteiger partial charge is 0.203 e. The molecule has 1 atom stereocenters. The minimum absolute atomic E-state index is 0.271. The molecule has 0 amide bonds. The Bertz CT molecular complexity index is 459. The van der Waals surface area contributed by atoms with E-state index in [1.165, 1.54) is 12.8 Å². The van der Waals surface area contributed by atoms with Crippen molar-refractivity contribution in [2.45, 2.75) is 25.3 Å². The van der Waals surface area contributed by atoms with Crippen molar-refractivity contribution in [3.63, 3.8) is 0 Å². The number of methoxy groups -OCH3 is 3. The largest absolute Gasteiger partial charge is 0.493 e. The van der Waals surface area contributed by atoms with E-state index in [4.69, 9.17) is 19.9 Å². The molecule has 1 saturated heterocycles. The molecule has 5 nitrogen and oxygen atoms in total. The average Bonchev–Trinajstić information content (AvgIpc) is 3.05. The molecule has 1 unspecified atom stereocenters. The van der Waals surface area contributed by atoms with Crippen LogP contribution in [0.1, 0.15) is 30.9 Å². The highest BCUT2D eigenvalue weighted by Crippen LogP contribution is 2.44. The van der Waals surface area contributed by atoms with Crippen molar-refractivity contribution in [1.29, 1.82) is 0 Å². The predicted molar refractivity (Wildman–Crippen MR) is 83.3 cm³/mol. The Morgan fingerprint density at radius 1 is 1.05 bits per heavy atom. The quantitative estimate of drug-likeness (QED) is 0.835. The van der Waals surface area contributed by atoms with Gasteiger partial charge < -0.3 is 19.9 Å². The van der Waals surface area contributed by atoms with E-state index in [1.807, 2.05) is 6.07 Å². The molecule has 0 spiro atoms. The first-order valence-electron chi connectivity index (χ1n) is 7.49. The Kier molecular flexibility index (Phi) is 5.70. The molecule has 2 N–H and O–H groups in total. The Morgan fingerprint density at radius 3 is 2.24 bits per heavy atom. The second-order valence-electron chi connectivity index (χ2n) is 5.26. The van der Waals surface area contributed by atoms with Gasteiger partial charge in [-0.25, -0.2) is 0 Å². The lowest BCUT2D eigenvalue weighted by molar-refractivity contribution is 0.227. The summed E-state index contributed by atoms with van der Waals surface area (Å²) in [6.45, 7) is 2.88. The lowest BCUT2D eigenvalue weighted by atomic mass is 10.00. The van der Waals surface area contributed by atoms with Gasteiger partial charge in [-0.3, -0.25) is 4.90 Å². The van der Waals surface area contributed by atoms with Gasteiger partial charge in [-0.15, -0.1) is 0 Å². The molecule has 1 aromatic rings. The van der Waals surface area contributed by atoms with Gasteiger partial charge in [0.1, 0.15) is 0 Å². The predicted octanol–water partition coefficient (Wildman–Crippen LogP) is 2.20. The van der Waals surface area contributed by atoms with Crippen molar-refractivity contribution in [3.05, 3.63) is 17.7 Å². The molecule has 5 heteroatoms. The molecule has 118 valence electrons. The summed E-state index contributed by atoms with van der Waals surface area (Å²) in [6, 6.07) is 4.28. The molecule has 2 rings (SSSR count). The van der Waals surface area contributed by atoms with Crippen molar-refractivity contribution < 1.29 is 14.2 Å². The van der Waals surface area contributed by atoms with Gasteiger partial charge in [-0.05, 0) is 51.0 Å². The molecule has 0 aromatic heterocycles. The molecule has 0 radical (unpaired) electrons. The number of nitrogens with two attached hydrogens (primary N) is 1. The van der Waals surface area contributed by atoms with Gasteiger partial charge in [-0.1, -0.05) is 0 Å². The number of likely N-dealkylation sites (tertiary alicyclic amines) is 1. The fourth-order valence-electron chi connectivity index (χ4n) is 3.13. The molecule has 0 bridgehead atoms. The fraction of sp³-hybridized carbons (Fsp3) is 0.625. The maximum atomic E-state index is 5.83. The van der Waals surface area contributed by atoms with Crippen LogP contribution in [0.4, 0.5) is 0 Å². The van der Waals surface area contributed by atoms with Crippen LogP contribution in [0.2, 0.25) is 0 Å². The second kappa shape index (κ2) is 7.52. The topological polar surface area (TPSA) is 57.0 Å². The van der Waals surface area contributed by atoms with Crippen LogP contribution < -0.4 is 19.9 Å². The van der Waals surface area contributed by atoms with Crippen LogP contribution in [0.15, 0.2) is 12.1 Å². The Labute approximate surface area is 127 Å². The van der Waals surface area contributed by atoms with Gasteiger partial charge in [-0.2, -0.15) is 0 Å². The van der Waals surface area contributed by atoms with Gasteiger partial charge in [0.2, 0.25) is 5.75 Å². The second-order valence-corrected chi connectivity index (χ2v) is 5.26. The van der Waals surface area contributed by atoms with E-state index in [0.717, 1.165) is 30.8 Å². The van der Waals surface area contributed by atoms with Gasteiger partial charge in [0.05, 0.1) is 21.3 Å². The zero-order valence-electron chi connectivity index (χ0n) is 13.2. The lowest BCUT2D eigenvalue weighted by Gasteiger charge is -2.29. The summed E-state index contributed by atoms with van der Waals surface area (Å²) in [5, 5.41) is 0. The summed E-state index contributed by atoms with van der Waals surface area (Å²) in [4.78, 5) is 2.48. The molecule has 1 aliphatic heterocycles. The van der Waals surface area contributed by atoms with E-state index in [0.29, 0.717) is 18.0 Å². The normalized spacial score (nSPS) is 16.8. The van der Waals surface area contributed by atoms with Gasteiger partial charge >= 0.3 is 0 Å². The van der Waals surface area contributed by atoms with Crippen molar-refractivity contribution in [2.75, 3.05) is 41.0 Å². The minimum atomic E-state index is 0.271. The highest BCUT2D eigenvalue weighted by atomic mass is 16.5. The van der Waals surface area contributed by atoms with Gasteiger partial charge in [0, 0.05) is 11.6 Å². The highest BCUT2D eigenvalue weighted by Gasteiger charge is 2.28. The van der Waals surface area contributed by atoms with Crippen LogP contribution in [0, 0.1) is 0 Å². The summed E-state index contributed by atoms with van der Waals surface area (Å²) >= 11 is 0. The zero-order valence-corrected chi connectivity index (χ0v) is 13.2. The first-order chi connectivity index (χ1) is 10.3. The Morgan fingerprint density at radius 2 is 1.71 bits per heavy atom. The van der Waals surface area contributed by atoms with E-state index in [2.05, 4.69) is 11.0 Å². The van der Waals surface area contributed by atoms with Crippen molar-refractivity contribution in [3.8, 4) is 17.2 Å². The molecule has 1 fully saturated rings. The lowest BCUT2D eigenvalue weighted by Crippen LogP contribution is -2.28. The molecule has 1 aromatic carbocycles. The fourth-order valence-corrected chi connectivity index (χ4v) is 3.13. The van der Waals surface area contributed by atoms with Gasteiger partial charge in [0.25, 0.3) is 0 Å². The van der Waals surface area contributed by atoms with Crippen LogP contribution in [0.3, 0.4) is 0 Å². The standard InChI is InChI=1S/C16H26N2O3/c1-19-14-7-6-12(15(20-2)16(14)21-3)13(8-9-17)18-10-4-5-11-18/h6-7,13H,4-5,8-11,17H2,1-3H3. The summed E-state index contributed by atoms with van der Waals surface area (Å²) in [6.07, 6.45) is 3.40. The third-order valence-corrected chi connectivity index (χ3v) is 4.12. The number of benzene rings is 1. The molecular weight excluding hydrogens is 268 g/mol. The summed E-state index contributed by atoms with van der Waals surface area (Å²) in [7, 11) is 4.94. The molecular formula is C16H26N2O3. The zero-order chi connectivity index (χ0) is 15.2. The number of ether oxygens (including phenoxy) is 3. The van der Waals surface area contributed by atoms with Crippen molar-refractivity contribution >= 4 is 0 Å². The van der Waals surface area contributed by atoms with E-state index < -0.39 is 0 Å². The summed E-state index contributed by atoms with van der Waals surface area (Å²) in [5.41, 5.74) is 6.96. The SMILES string of the molecule is COc1ccc(C(CCN)N2CCCC2)c(OC)c1OC. The van der Waals surface area contributed by atoms with E-state index >= 15 is 0 Å². The third kappa shape index (κ3) is 3.24. The van der Waals surface area contributed by atoms with Crippen molar-refractivity contribution in [2.24, 2.45) is 5.73 Å². The van der Waals surface area contributed by atoms with Crippen LogP contribution in [-0.4, -0.2) is 45.9 Å². The monoisotopic (exact) mass is 294 g/mol. The number of hydrogen-bond acceptors (Lipinski definition) is 5. The maximum absolute atomic E-state index is 5.83. The summed E-state index contributed by atoms with van der Waals surface area (Å²) in [5.74, 6) is 2.09. The third-order valence-electron chi connectivity index (χ3n) is 4.12. The Balaban J connectivity index is 2.43. The van der Waals surface area contributed by atoms with Crippen LogP contribution >= 0.6 is 0 Å². The maximum Gasteiger partial charge on any atom is 0.203 e. The minimum Gasteiger partial charge on any atom is -0.493 e. The average molecular weight is 294 g/mol. The van der Waals surface area contributed by atoms with Gasteiger partial charge in [0.15, 0.2) is 11.5 Å². The van der Waals surface area contributed by atoms with Crippen LogP contribution in [0.5, 0.6) is 17.2 Å². The molecule has 1 aliphatic rings.